The van der Waals surface area contributed by atoms with E-state index in [0.29, 0.717) is 17.3 Å². The van der Waals surface area contributed by atoms with Crippen LogP contribution < -0.4 is 5.56 Å². The number of aromatic carboxylic acids is 1. The molecule has 0 aliphatic carbocycles. The number of hydrogen-bond donors (Lipinski definition) is 3. The summed E-state index contributed by atoms with van der Waals surface area (Å²) in [6, 6.07) is 8.48. The Kier molecular flexibility index (Phi) is 4.99. The van der Waals surface area contributed by atoms with Gasteiger partial charge < -0.3 is 24.7 Å². The van der Waals surface area contributed by atoms with E-state index in [-0.39, 0.29) is 12.4 Å². The highest BCUT2D eigenvalue weighted by atomic mass is 35.5. The second kappa shape index (κ2) is 7.00. The highest BCUT2D eigenvalue weighted by molar-refractivity contribution is 5.92. The van der Waals surface area contributed by atoms with Gasteiger partial charge in [-0.15, -0.1) is 12.4 Å². The van der Waals surface area contributed by atoms with Gasteiger partial charge in [0.2, 0.25) is 0 Å². The summed E-state index contributed by atoms with van der Waals surface area (Å²) >= 11 is 0. The zero-order valence-electron chi connectivity index (χ0n) is 15.8. The van der Waals surface area contributed by atoms with Crippen molar-refractivity contribution in [1.82, 2.24) is 14.5 Å². The third kappa shape index (κ3) is 2.96. The number of nitrogens with one attached hydrogen (secondary N) is 1. The molecule has 3 heterocycles. The summed E-state index contributed by atoms with van der Waals surface area (Å²) in [7, 11) is 4.15. The van der Waals surface area contributed by atoms with Crippen LogP contribution in [0.4, 0.5) is 0 Å². The Labute approximate surface area is 167 Å². The van der Waals surface area contributed by atoms with E-state index in [0.717, 1.165) is 29.4 Å². The van der Waals surface area contributed by atoms with Crippen molar-refractivity contribution in [3.05, 3.63) is 51.4 Å². The zero-order valence-corrected chi connectivity index (χ0v) is 16.6. The standard InChI is InChI=1S/C20H21N3O4.ClH/c1-10-17(21-19(25)16(18(10)24)20(26)27)12-5-4-11-6-13-8-14(22(2)3)9-23(13)15(11)7-12;/h4-7,14H,8-9H2,1-3H3,(H,26,27)(H2,21,24,25);1H. The smallest absolute Gasteiger partial charge is 0.345 e. The molecular formula is C20H22ClN3O4. The predicted octanol–water partition coefficient (Wildman–Crippen LogP) is 2.62. The quantitative estimate of drug-likeness (QED) is 0.624. The van der Waals surface area contributed by atoms with Crippen molar-refractivity contribution in [2.24, 2.45) is 0 Å². The molecule has 7 nitrogen and oxygen atoms in total. The number of benzene rings is 1. The van der Waals surface area contributed by atoms with Crippen LogP contribution >= 0.6 is 12.4 Å². The molecule has 0 saturated heterocycles. The van der Waals surface area contributed by atoms with Gasteiger partial charge in [0.1, 0.15) is 5.75 Å². The van der Waals surface area contributed by atoms with Crippen LogP contribution in [-0.2, 0) is 13.0 Å². The first-order valence-electron chi connectivity index (χ1n) is 8.76. The molecule has 1 aliphatic rings. The van der Waals surface area contributed by atoms with E-state index in [2.05, 4.69) is 34.6 Å². The number of aromatic amines is 1. The number of carboxylic acids is 1. The number of nitrogens with zero attached hydrogens (tertiary/aromatic N) is 2. The lowest BCUT2D eigenvalue weighted by Crippen LogP contribution is -2.28. The van der Waals surface area contributed by atoms with Gasteiger partial charge in [0.05, 0.1) is 5.69 Å². The van der Waals surface area contributed by atoms with Crippen molar-refractivity contribution in [2.75, 3.05) is 14.1 Å². The maximum absolute atomic E-state index is 12.1. The first-order chi connectivity index (χ1) is 12.8. The summed E-state index contributed by atoms with van der Waals surface area (Å²) in [5.74, 6) is -1.94. The van der Waals surface area contributed by atoms with Crippen molar-refractivity contribution >= 4 is 29.3 Å². The summed E-state index contributed by atoms with van der Waals surface area (Å²) in [5, 5.41) is 20.5. The van der Waals surface area contributed by atoms with Crippen LogP contribution in [0.3, 0.4) is 0 Å². The third-order valence-corrected chi connectivity index (χ3v) is 5.49. The molecule has 1 aromatic carbocycles. The number of carbonyl (C=O) groups is 1. The van der Waals surface area contributed by atoms with E-state index in [4.69, 9.17) is 5.11 Å². The predicted molar refractivity (Wildman–Crippen MR) is 110 cm³/mol. The number of rotatable bonds is 3. The largest absolute Gasteiger partial charge is 0.506 e. The maximum atomic E-state index is 12.1. The van der Waals surface area contributed by atoms with Crippen molar-refractivity contribution in [3.8, 4) is 17.0 Å². The first-order valence-corrected chi connectivity index (χ1v) is 8.76. The minimum absolute atomic E-state index is 0. The van der Waals surface area contributed by atoms with Crippen LogP contribution in [0.15, 0.2) is 29.1 Å². The SMILES string of the molecule is Cc1c(-c2ccc3cc4n(c3c2)CC(N(C)C)C4)[nH]c(=O)c(C(=O)O)c1O.Cl. The first kappa shape index (κ1) is 20.0. The fourth-order valence-electron chi connectivity index (χ4n) is 3.88. The van der Waals surface area contributed by atoms with Gasteiger partial charge in [-0.25, -0.2) is 4.79 Å². The molecule has 1 atom stereocenters. The lowest BCUT2D eigenvalue weighted by atomic mass is 10.0. The van der Waals surface area contributed by atoms with E-state index in [1.54, 1.807) is 6.92 Å². The Morgan fingerprint density at radius 1 is 1.29 bits per heavy atom. The summed E-state index contributed by atoms with van der Waals surface area (Å²) in [5.41, 5.74) is 2.40. The van der Waals surface area contributed by atoms with Gasteiger partial charge in [-0.2, -0.15) is 0 Å². The monoisotopic (exact) mass is 403 g/mol. The molecule has 28 heavy (non-hydrogen) atoms. The molecule has 8 heteroatoms. The maximum Gasteiger partial charge on any atom is 0.345 e. The Hall–Kier alpha value is -2.77. The van der Waals surface area contributed by atoms with E-state index >= 15 is 0 Å². The second-order valence-corrected chi connectivity index (χ2v) is 7.32. The highest BCUT2D eigenvalue weighted by Crippen LogP contribution is 2.33. The van der Waals surface area contributed by atoms with E-state index in [1.165, 1.54) is 5.69 Å². The molecule has 1 aliphatic heterocycles. The summed E-state index contributed by atoms with van der Waals surface area (Å²) in [6.45, 7) is 2.50. The van der Waals surface area contributed by atoms with Gasteiger partial charge in [-0.05, 0) is 38.5 Å². The van der Waals surface area contributed by atoms with Crippen molar-refractivity contribution < 1.29 is 15.0 Å². The number of carboxylic acid groups (broad SMARTS) is 1. The van der Waals surface area contributed by atoms with E-state index < -0.39 is 22.8 Å². The average Bonchev–Trinajstić information content (AvgIpc) is 3.15. The lowest BCUT2D eigenvalue weighted by Gasteiger charge is -2.18. The fourth-order valence-corrected chi connectivity index (χ4v) is 3.88. The van der Waals surface area contributed by atoms with Crippen LogP contribution in [0, 0.1) is 6.92 Å². The van der Waals surface area contributed by atoms with Crippen LogP contribution in [0.25, 0.3) is 22.2 Å². The minimum Gasteiger partial charge on any atom is -0.506 e. The number of fused-ring (bicyclic) bond motifs is 3. The van der Waals surface area contributed by atoms with Crippen molar-refractivity contribution in [3.63, 3.8) is 0 Å². The average molecular weight is 404 g/mol. The van der Waals surface area contributed by atoms with Gasteiger partial charge >= 0.3 is 5.97 Å². The van der Waals surface area contributed by atoms with Gasteiger partial charge in [0.15, 0.2) is 5.56 Å². The minimum atomic E-state index is -1.45. The fraction of sp³-hybridized carbons (Fsp3) is 0.300. The molecule has 148 valence electrons. The van der Waals surface area contributed by atoms with E-state index in [9.17, 15) is 14.7 Å². The number of aromatic hydroxyl groups is 1. The summed E-state index contributed by atoms with van der Waals surface area (Å²) in [6.07, 6.45) is 0.987. The van der Waals surface area contributed by atoms with Gasteiger partial charge in [-0.1, -0.05) is 12.1 Å². The van der Waals surface area contributed by atoms with Gasteiger partial charge in [0.25, 0.3) is 5.56 Å². The zero-order chi connectivity index (χ0) is 19.5. The molecule has 0 bridgehead atoms. The van der Waals surface area contributed by atoms with Crippen molar-refractivity contribution in [2.45, 2.75) is 25.9 Å². The Bertz CT molecular complexity index is 1150. The summed E-state index contributed by atoms with van der Waals surface area (Å²) < 4.78 is 2.28. The molecule has 4 rings (SSSR count). The molecule has 0 radical (unpaired) electrons. The molecule has 2 aromatic heterocycles. The number of H-pyrrole nitrogens is 1. The Balaban J connectivity index is 0.00000225. The number of pyridine rings is 1. The molecule has 3 N–H and O–H groups in total. The molecule has 1 unspecified atom stereocenters. The van der Waals surface area contributed by atoms with Crippen LogP contribution in [0.1, 0.15) is 21.6 Å². The Morgan fingerprint density at radius 3 is 2.64 bits per heavy atom. The molecule has 0 amide bonds. The lowest BCUT2D eigenvalue weighted by molar-refractivity contribution is 0.0691. The molecule has 0 fully saturated rings. The third-order valence-electron chi connectivity index (χ3n) is 5.49. The van der Waals surface area contributed by atoms with Crippen molar-refractivity contribution in [1.29, 1.82) is 0 Å². The Morgan fingerprint density at radius 2 is 2.00 bits per heavy atom. The topological polar surface area (TPSA) is 98.6 Å². The van der Waals surface area contributed by atoms with Crippen LogP contribution in [0.2, 0.25) is 0 Å². The van der Waals surface area contributed by atoms with E-state index in [1.807, 2.05) is 18.2 Å². The van der Waals surface area contributed by atoms with Gasteiger partial charge in [-0.3, -0.25) is 4.79 Å². The second-order valence-electron chi connectivity index (χ2n) is 7.32. The van der Waals surface area contributed by atoms with Crippen LogP contribution in [-0.4, -0.2) is 50.8 Å². The molecule has 0 spiro atoms. The number of aromatic nitrogens is 2. The summed E-state index contributed by atoms with van der Waals surface area (Å²) in [4.78, 5) is 28.2. The normalized spacial score (nSPS) is 15.6. The number of likely N-dealkylation sites (N-methyl/N-ethyl adjacent to an activating group) is 1. The molecule has 0 saturated carbocycles. The van der Waals surface area contributed by atoms with Gasteiger partial charge in [0, 0.05) is 41.3 Å². The molecule has 3 aromatic rings. The van der Waals surface area contributed by atoms with Crippen LogP contribution in [0.5, 0.6) is 5.75 Å². The number of hydrogen-bond acceptors (Lipinski definition) is 4. The molecular weight excluding hydrogens is 382 g/mol. The number of halogens is 1. The highest BCUT2D eigenvalue weighted by Gasteiger charge is 2.25.